The molecule has 0 bridgehead atoms. The highest BCUT2D eigenvalue weighted by atomic mass is 35.5. The van der Waals surface area contributed by atoms with Crippen LogP contribution >= 0.6 is 11.6 Å². The van der Waals surface area contributed by atoms with Crippen molar-refractivity contribution in [1.82, 2.24) is 0 Å². The van der Waals surface area contributed by atoms with Crippen molar-refractivity contribution in [3.8, 4) is 28.7 Å². The van der Waals surface area contributed by atoms with Crippen LogP contribution in [0.3, 0.4) is 0 Å². The van der Waals surface area contributed by atoms with Crippen LogP contribution in [0.4, 0.5) is 0 Å². The molecule has 112 valence electrons. The zero-order valence-corrected chi connectivity index (χ0v) is 11.7. The molecule has 22 heavy (non-hydrogen) atoms. The van der Waals surface area contributed by atoms with E-state index in [0.717, 1.165) is 6.07 Å². The van der Waals surface area contributed by atoms with E-state index in [0.29, 0.717) is 5.02 Å². The maximum Gasteiger partial charge on any atom is 0.379 e. The smallest absolute Gasteiger partial charge is 0.379 e. The molecule has 0 aliphatic rings. The first-order valence-corrected chi connectivity index (χ1v) is 6.48. The van der Waals surface area contributed by atoms with Gasteiger partial charge in [0.2, 0.25) is 5.75 Å². The van der Waals surface area contributed by atoms with E-state index in [1.807, 2.05) is 0 Å². The van der Waals surface area contributed by atoms with Crippen LogP contribution in [-0.4, -0.2) is 15.3 Å². The molecule has 6 nitrogen and oxygen atoms in total. The fourth-order valence-corrected chi connectivity index (χ4v) is 2.10. The van der Waals surface area contributed by atoms with Crippen molar-refractivity contribution in [1.29, 1.82) is 0 Å². The van der Waals surface area contributed by atoms with Crippen LogP contribution in [0.1, 0.15) is 0 Å². The van der Waals surface area contributed by atoms with Crippen molar-refractivity contribution in [2.45, 2.75) is 0 Å². The first kappa shape index (κ1) is 14.1. The van der Waals surface area contributed by atoms with E-state index >= 15 is 0 Å². The summed E-state index contributed by atoms with van der Waals surface area (Å²) >= 11 is 5.71. The zero-order valence-electron chi connectivity index (χ0n) is 10.9. The van der Waals surface area contributed by atoms with Crippen LogP contribution in [-0.2, 0) is 0 Å². The number of hydrogen-bond acceptors (Lipinski definition) is 6. The van der Waals surface area contributed by atoms with Gasteiger partial charge in [0.15, 0.2) is 11.5 Å². The average Bonchev–Trinajstić information content (AvgIpc) is 2.43. The first-order chi connectivity index (χ1) is 10.4. The normalized spacial score (nSPS) is 10.8. The number of rotatable bonds is 2. The monoisotopic (exact) mass is 320 g/mol. The molecule has 3 rings (SSSR count). The molecule has 0 radical (unpaired) electrons. The Morgan fingerprint density at radius 3 is 2.45 bits per heavy atom. The summed E-state index contributed by atoms with van der Waals surface area (Å²) < 4.78 is 10.3. The molecule has 0 aliphatic heterocycles. The van der Waals surface area contributed by atoms with Gasteiger partial charge in [-0.05, 0) is 12.1 Å². The van der Waals surface area contributed by atoms with E-state index in [2.05, 4.69) is 0 Å². The molecule has 0 amide bonds. The largest absolute Gasteiger partial charge is 0.508 e. The van der Waals surface area contributed by atoms with E-state index in [4.69, 9.17) is 20.8 Å². The van der Waals surface area contributed by atoms with E-state index < -0.39 is 5.63 Å². The molecule has 2 aromatic carbocycles. The second-order valence-corrected chi connectivity index (χ2v) is 4.93. The summed E-state index contributed by atoms with van der Waals surface area (Å²) in [6.07, 6.45) is 0. The number of aromatic hydroxyl groups is 3. The second-order valence-electron chi connectivity index (χ2n) is 4.49. The molecule has 7 heteroatoms. The van der Waals surface area contributed by atoms with Gasteiger partial charge in [0, 0.05) is 29.3 Å². The fraction of sp³-hybridized carbons (Fsp3) is 0. The maximum absolute atomic E-state index is 11.9. The molecule has 0 fully saturated rings. The highest BCUT2D eigenvalue weighted by molar-refractivity contribution is 6.30. The summed E-state index contributed by atoms with van der Waals surface area (Å²) in [7, 11) is 0. The number of fused-ring (bicyclic) bond motifs is 1. The predicted molar refractivity (Wildman–Crippen MR) is 79.0 cm³/mol. The third-order valence-electron chi connectivity index (χ3n) is 2.93. The van der Waals surface area contributed by atoms with Gasteiger partial charge in [-0.2, -0.15) is 0 Å². The van der Waals surface area contributed by atoms with Crippen molar-refractivity contribution < 1.29 is 24.5 Å². The lowest BCUT2D eigenvalue weighted by Gasteiger charge is -2.08. The van der Waals surface area contributed by atoms with Gasteiger partial charge in [0.1, 0.15) is 17.1 Å². The number of ether oxygens (including phenoxy) is 1. The van der Waals surface area contributed by atoms with Gasteiger partial charge in [-0.1, -0.05) is 11.6 Å². The molecule has 0 saturated heterocycles. The van der Waals surface area contributed by atoms with E-state index in [9.17, 15) is 20.1 Å². The van der Waals surface area contributed by atoms with Gasteiger partial charge in [-0.3, -0.25) is 0 Å². The van der Waals surface area contributed by atoms with Crippen LogP contribution in [0.15, 0.2) is 45.6 Å². The Hall–Kier alpha value is -2.86. The third-order valence-corrected chi connectivity index (χ3v) is 3.16. The predicted octanol–water partition coefficient (Wildman–Crippen LogP) is 3.36. The Labute approximate surface area is 128 Å². The number of halogens is 1. The molecule has 0 spiro atoms. The van der Waals surface area contributed by atoms with E-state index in [-0.39, 0.29) is 39.7 Å². The molecule has 1 aromatic heterocycles. The molecular formula is C15H9ClO6. The zero-order chi connectivity index (χ0) is 15.9. The quantitative estimate of drug-likeness (QED) is 0.626. The standard InChI is InChI=1S/C15H9ClO6/c16-7-1-2-12(11(19)3-7)21-14-6-9-10(18)4-8(17)5-13(9)22-15(14)20/h1-6,17-19H. The minimum Gasteiger partial charge on any atom is -0.508 e. The Kier molecular flexibility index (Phi) is 3.30. The number of phenolic OH excluding ortho intramolecular Hbond substituents is 3. The Morgan fingerprint density at radius 2 is 1.73 bits per heavy atom. The lowest BCUT2D eigenvalue weighted by Crippen LogP contribution is -2.03. The fourth-order valence-electron chi connectivity index (χ4n) is 1.93. The molecule has 0 unspecified atom stereocenters. The van der Waals surface area contributed by atoms with Gasteiger partial charge in [0.25, 0.3) is 0 Å². The minimum absolute atomic E-state index is 0.00863. The highest BCUT2D eigenvalue weighted by Gasteiger charge is 2.13. The SMILES string of the molecule is O=c1oc2cc(O)cc(O)c2cc1Oc1ccc(Cl)cc1O. The van der Waals surface area contributed by atoms with Crippen molar-refractivity contribution in [3.63, 3.8) is 0 Å². The van der Waals surface area contributed by atoms with Gasteiger partial charge in [-0.15, -0.1) is 0 Å². The van der Waals surface area contributed by atoms with Crippen molar-refractivity contribution in [2.24, 2.45) is 0 Å². The number of phenols is 3. The summed E-state index contributed by atoms with van der Waals surface area (Å²) in [6.45, 7) is 0. The van der Waals surface area contributed by atoms with Gasteiger partial charge in [-0.25, -0.2) is 4.79 Å². The molecular weight excluding hydrogens is 312 g/mol. The Balaban J connectivity index is 2.11. The van der Waals surface area contributed by atoms with Crippen molar-refractivity contribution in [3.05, 3.63) is 51.8 Å². The van der Waals surface area contributed by atoms with Gasteiger partial charge < -0.3 is 24.5 Å². The van der Waals surface area contributed by atoms with E-state index in [1.54, 1.807) is 0 Å². The van der Waals surface area contributed by atoms with Crippen LogP contribution in [0, 0.1) is 0 Å². The van der Waals surface area contributed by atoms with Gasteiger partial charge >= 0.3 is 5.63 Å². The van der Waals surface area contributed by atoms with Crippen LogP contribution < -0.4 is 10.4 Å². The minimum atomic E-state index is -0.827. The Bertz CT molecular complexity index is 931. The Morgan fingerprint density at radius 1 is 0.955 bits per heavy atom. The summed E-state index contributed by atoms with van der Waals surface area (Å²) in [6, 6.07) is 7.68. The van der Waals surface area contributed by atoms with E-state index in [1.165, 1.54) is 30.3 Å². The van der Waals surface area contributed by atoms with Crippen LogP contribution in [0.2, 0.25) is 5.02 Å². The number of benzene rings is 2. The molecule has 3 aromatic rings. The van der Waals surface area contributed by atoms with Gasteiger partial charge in [0.05, 0.1) is 5.39 Å². The van der Waals surface area contributed by atoms with Crippen LogP contribution in [0.5, 0.6) is 28.7 Å². The number of hydrogen-bond donors (Lipinski definition) is 3. The topological polar surface area (TPSA) is 100 Å². The summed E-state index contributed by atoms with van der Waals surface area (Å²) in [5.74, 6) is -0.983. The molecule has 0 atom stereocenters. The average molecular weight is 321 g/mol. The summed E-state index contributed by atoms with van der Waals surface area (Å²) in [4.78, 5) is 11.9. The molecule has 0 aliphatic carbocycles. The molecule has 3 N–H and O–H groups in total. The highest BCUT2D eigenvalue weighted by Crippen LogP contribution is 2.35. The van der Waals surface area contributed by atoms with Crippen LogP contribution in [0.25, 0.3) is 11.0 Å². The third kappa shape index (κ3) is 2.51. The molecule has 0 saturated carbocycles. The lowest BCUT2D eigenvalue weighted by atomic mass is 10.2. The van der Waals surface area contributed by atoms with Crippen molar-refractivity contribution in [2.75, 3.05) is 0 Å². The van der Waals surface area contributed by atoms with Crippen molar-refractivity contribution >= 4 is 22.6 Å². The summed E-state index contributed by atoms with van der Waals surface area (Å²) in [5, 5.41) is 29.4. The second kappa shape index (κ2) is 5.16. The summed E-state index contributed by atoms with van der Waals surface area (Å²) in [5.41, 5.74) is -0.818. The lowest BCUT2D eigenvalue weighted by molar-refractivity contribution is 0.394. The first-order valence-electron chi connectivity index (χ1n) is 6.10. The maximum atomic E-state index is 11.9. The molecule has 1 heterocycles.